The number of aromatic nitrogens is 1. The molecule has 0 saturated heterocycles. The fraction of sp³-hybridized carbons (Fsp3) is 0.467. The summed E-state index contributed by atoms with van der Waals surface area (Å²) < 4.78 is 3.44. The van der Waals surface area contributed by atoms with Crippen molar-refractivity contribution < 1.29 is 0 Å². The fourth-order valence-electron chi connectivity index (χ4n) is 2.00. The van der Waals surface area contributed by atoms with Crippen LogP contribution in [-0.4, -0.2) is 17.2 Å². The van der Waals surface area contributed by atoms with Crippen molar-refractivity contribution >= 4 is 26.8 Å². The van der Waals surface area contributed by atoms with Gasteiger partial charge in [0.05, 0.1) is 0 Å². The van der Waals surface area contributed by atoms with E-state index in [0.29, 0.717) is 12.0 Å². The van der Waals surface area contributed by atoms with Gasteiger partial charge in [0.25, 0.3) is 0 Å². The van der Waals surface area contributed by atoms with Crippen LogP contribution < -0.4 is 5.32 Å². The second-order valence-electron chi connectivity index (χ2n) is 5.20. The lowest BCUT2D eigenvalue weighted by Crippen LogP contribution is -2.33. The molecule has 2 rings (SSSR count). The minimum absolute atomic E-state index is 0.568. The van der Waals surface area contributed by atoms with Crippen LogP contribution in [0.25, 0.3) is 10.9 Å². The standard InChI is InChI=1S/C15H21BrN2/c1-11(2)12(3)17-7-9-18-8-6-13-4-5-14(16)10-15(13)18/h4-6,8,10-12,17H,7,9H2,1-3H3. The van der Waals surface area contributed by atoms with Gasteiger partial charge in [-0.25, -0.2) is 0 Å². The molecule has 1 N–H and O–H groups in total. The Labute approximate surface area is 118 Å². The average molecular weight is 309 g/mol. The number of nitrogens with one attached hydrogen (secondary N) is 1. The number of hydrogen-bond acceptors (Lipinski definition) is 1. The van der Waals surface area contributed by atoms with Crippen LogP contribution >= 0.6 is 15.9 Å². The number of nitrogens with zero attached hydrogens (tertiary/aromatic N) is 1. The van der Waals surface area contributed by atoms with Crippen molar-refractivity contribution in [2.24, 2.45) is 5.92 Å². The van der Waals surface area contributed by atoms with Gasteiger partial charge in [-0.1, -0.05) is 35.8 Å². The zero-order valence-electron chi connectivity index (χ0n) is 11.3. The molecule has 98 valence electrons. The summed E-state index contributed by atoms with van der Waals surface area (Å²) in [5.74, 6) is 0.681. The first-order valence-corrected chi connectivity index (χ1v) is 7.35. The molecule has 1 unspecified atom stereocenters. The maximum absolute atomic E-state index is 3.57. The molecule has 3 heteroatoms. The topological polar surface area (TPSA) is 17.0 Å². The van der Waals surface area contributed by atoms with Gasteiger partial charge in [0.15, 0.2) is 0 Å². The maximum Gasteiger partial charge on any atom is 0.0492 e. The molecule has 18 heavy (non-hydrogen) atoms. The smallest absolute Gasteiger partial charge is 0.0492 e. The van der Waals surface area contributed by atoms with Crippen molar-refractivity contribution in [2.45, 2.75) is 33.4 Å². The highest BCUT2D eigenvalue weighted by molar-refractivity contribution is 9.10. The Morgan fingerprint density at radius 3 is 2.72 bits per heavy atom. The molecule has 0 spiro atoms. The monoisotopic (exact) mass is 308 g/mol. The van der Waals surface area contributed by atoms with E-state index in [4.69, 9.17) is 0 Å². The summed E-state index contributed by atoms with van der Waals surface area (Å²) in [4.78, 5) is 0. The second kappa shape index (κ2) is 5.89. The summed E-state index contributed by atoms with van der Waals surface area (Å²) >= 11 is 3.53. The van der Waals surface area contributed by atoms with Crippen LogP contribution in [0.2, 0.25) is 0 Å². The molecule has 0 radical (unpaired) electrons. The Kier molecular flexibility index (Phi) is 4.46. The molecule has 1 aromatic heterocycles. The Hall–Kier alpha value is -0.800. The van der Waals surface area contributed by atoms with Gasteiger partial charge in [0.1, 0.15) is 0 Å². The Balaban J connectivity index is 2.01. The lowest BCUT2D eigenvalue weighted by Gasteiger charge is -2.17. The largest absolute Gasteiger partial charge is 0.346 e. The van der Waals surface area contributed by atoms with Gasteiger partial charge in [-0.05, 0) is 36.4 Å². The number of hydrogen-bond donors (Lipinski definition) is 1. The predicted molar refractivity (Wildman–Crippen MR) is 81.9 cm³/mol. The maximum atomic E-state index is 3.57. The Morgan fingerprint density at radius 2 is 2.00 bits per heavy atom. The van der Waals surface area contributed by atoms with Crippen LogP contribution in [0.4, 0.5) is 0 Å². The van der Waals surface area contributed by atoms with Crippen LogP contribution in [0, 0.1) is 5.92 Å². The predicted octanol–water partition coefficient (Wildman–Crippen LogP) is 4.04. The van der Waals surface area contributed by atoms with Crippen LogP contribution in [0.1, 0.15) is 20.8 Å². The van der Waals surface area contributed by atoms with Crippen molar-refractivity contribution in [3.8, 4) is 0 Å². The molecule has 0 saturated carbocycles. The van der Waals surface area contributed by atoms with Gasteiger partial charge in [-0.15, -0.1) is 0 Å². The van der Waals surface area contributed by atoms with Crippen LogP contribution in [0.3, 0.4) is 0 Å². The van der Waals surface area contributed by atoms with Crippen molar-refractivity contribution in [3.05, 3.63) is 34.9 Å². The minimum atomic E-state index is 0.568. The van der Waals surface area contributed by atoms with Gasteiger partial charge in [-0.3, -0.25) is 0 Å². The normalized spacial score (nSPS) is 13.4. The van der Waals surface area contributed by atoms with E-state index in [1.54, 1.807) is 0 Å². The van der Waals surface area contributed by atoms with E-state index in [1.165, 1.54) is 10.9 Å². The number of fused-ring (bicyclic) bond motifs is 1. The molecule has 0 bridgehead atoms. The first kappa shape index (κ1) is 13.6. The molecule has 0 aliphatic rings. The highest BCUT2D eigenvalue weighted by Crippen LogP contribution is 2.20. The van der Waals surface area contributed by atoms with Gasteiger partial charge < -0.3 is 9.88 Å². The van der Waals surface area contributed by atoms with Crippen molar-refractivity contribution in [1.82, 2.24) is 9.88 Å². The van der Waals surface area contributed by atoms with Crippen molar-refractivity contribution in [1.29, 1.82) is 0 Å². The summed E-state index contributed by atoms with van der Waals surface area (Å²) in [5.41, 5.74) is 1.29. The molecule has 0 amide bonds. The fourth-order valence-corrected chi connectivity index (χ4v) is 2.35. The SMILES string of the molecule is CC(C)C(C)NCCn1ccc2ccc(Br)cc21. The van der Waals surface area contributed by atoms with E-state index in [0.717, 1.165) is 17.6 Å². The van der Waals surface area contributed by atoms with Gasteiger partial charge >= 0.3 is 0 Å². The van der Waals surface area contributed by atoms with Gasteiger partial charge in [0.2, 0.25) is 0 Å². The summed E-state index contributed by atoms with van der Waals surface area (Å²) in [6.07, 6.45) is 2.17. The minimum Gasteiger partial charge on any atom is -0.346 e. The molecule has 1 heterocycles. The van der Waals surface area contributed by atoms with E-state index in [-0.39, 0.29) is 0 Å². The third-order valence-electron chi connectivity index (χ3n) is 3.55. The third-order valence-corrected chi connectivity index (χ3v) is 4.05. The van der Waals surface area contributed by atoms with E-state index in [2.05, 4.69) is 77.0 Å². The lowest BCUT2D eigenvalue weighted by atomic mass is 10.1. The highest BCUT2D eigenvalue weighted by atomic mass is 79.9. The zero-order valence-corrected chi connectivity index (χ0v) is 12.9. The van der Waals surface area contributed by atoms with E-state index in [1.807, 2.05) is 0 Å². The summed E-state index contributed by atoms with van der Waals surface area (Å²) in [6, 6.07) is 9.17. The van der Waals surface area contributed by atoms with Crippen molar-refractivity contribution in [2.75, 3.05) is 6.54 Å². The quantitative estimate of drug-likeness (QED) is 0.882. The first-order chi connectivity index (χ1) is 8.58. The Bertz CT molecular complexity index is 516. The molecule has 2 aromatic rings. The molecule has 0 aliphatic carbocycles. The lowest BCUT2D eigenvalue weighted by molar-refractivity contribution is 0.418. The van der Waals surface area contributed by atoms with Crippen LogP contribution in [0.5, 0.6) is 0 Å². The second-order valence-corrected chi connectivity index (χ2v) is 6.11. The summed E-state index contributed by atoms with van der Waals surface area (Å²) in [5, 5.41) is 4.87. The molecule has 0 fully saturated rings. The third kappa shape index (κ3) is 3.15. The molecule has 2 nitrogen and oxygen atoms in total. The molecule has 0 aliphatic heterocycles. The first-order valence-electron chi connectivity index (χ1n) is 6.55. The van der Waals surface area contributed by atoms with Gasteiger partial charge in [-0.2, -0.15) is 0 Å². The summed E-state index contributed by atoms with van der Waals surface area (Å²) in [6.45, 7) is 8.77. The Morgan fingerprint density at radius 1 is 1.22 bits per heavy atom. The molecule has 1 aromatic carbocycles. The molecular weight excluding hydrogens is 288 g/mol. The highest BCUT2D eigenvalue weighted by Gasteiger charge is 2.06. The summed E-state index contributed by atoms with van der Waals surface area (Å²) in [7, 11) is 0. The number of benzene rings is 1. The van der Waals surface area contributed by atoms with Gasteiger partial charge in [0, 0.05) is 35.3 Å². The molecule has 1 atom stereocenters. The van der Waals surface area contributed by atoms with Crippen molar-refractivity contribution in [3.63, 3.8) is 0 Å². The van der Waals surface area contributed by atoms with E-state index < -0.39 is 0 Å². The number of rotatable bonds is 5. The van der Waals surface area contributed by atoms with Crippen LogP contribution in [-0.2, 0) is 6.54 Å². The zero-order chi connectivity index (χ0) is 13.1. The average Bonchev–Trinajstić information content (AvgIpc) is 2.71. The van der Waals surface area contributed by atoms with Crippen LogP contribution in [0.15, 0.2) is 34.9 Å². The van der Waals surface area contributed by atoms with E-state index in [9.17, 15) is 0 Å². The van der Waals surface area contributed by atoms with E-state index >= 15 is 0 Å². The number of halogens is 1. The molecular formula is C15H21BrN2.